The fourth-order valence-corrected chi connectivity index (χ4v) is 2.46. The molecule has 0 aliphatic carbocycles. The van der Waals surface area contributed by atoms with Crippen molar-refractivity contribution in [3.8, 4) is 17.2 Å². The molecule has 5 nitrogen and oxygen atoms in total. The Hall–Kier alpha value is -2.69. The second-order valence-corrected chi connectivity index (χ2v) is 6.10. The first-order chi connectivity index (χ1) is 12.5. The molecule has 0 unspecified atom stereocenters. The lowest BCUT2D eigenvalue weighted by atomic mass is 10.1. The van der Waals surface area contributed by atoms with Gasteiger partial charge in [0, 0.05) is 6.07 Å². The number of rotatable bonds is 9. The summed E-state index contributed by atoms with van der Waals surface area (Å²) in [6, 6.07) is 13.3. The normalized spacial score (nSPS) is 11.5. The van der Waals surface area contributed by atoms with Gasteiger partial charge in [-0.25, -0.2) is 0 Å². The van der Waals surface area contributed by atoms with E-state index in [9.17, 15) is 4.79 Å². The van der Waals surface area contributed by atoms with Gasteiger partial charge in [-0.2, -0.15) is 0 Å². The number of aryl methyl sites for hydroxylation is 2. The number of ether oxygens (including phenoxy) is 3. The molecule has 2 aromatic rings. The Morgan fingerprint density at radius 2 is 1.88 bits per heavy atom. The molecule has 0 bridgehead atoms. The Labute approximate surface area is 155 Å². The fraction of sp³-hybridized carbons (Fsp3) is 0.381. The first kappa shape index (κ1) is 19.6. The average Bonchev–Trinajstić information content (AvgIpc) is 2.65. The Morgan fingerprint density at radius 1 is 1.12 bits per heavy atom. The highest BCUT2D eigenvalue weighted by Crippen LogP contribution is 2.21. The lowest BCUT2D eigenvalue weighted by Gasteiger charge is -2.19. The van der Waals surface area contributed by atoms with E-state index in [0.717, 1.165) is 22.6 Å². The quantitative estimate of drug-likeness (QED) is 0.696. The summed E-state index contributed by atoms with van der Waals surface area (Å²) in [5.74, 6) is 2.05. The number of hydrogen-bond donors (Lipinski definition) is 1. The monoisotopic (exact) mass is 357 g/mol. The van der Waals surface area contributed by atoms with E-state index in [0.29, 0.717) is 25.3 Å². The number of nitrogens with one attached hydrogen (secondary N) is 1. The van der Waals surface area contributed by atoms with Gasteiger partial charge >= 0.3 is 0 Å². The maximum absolute atomic E-state index is 12.4. The predicted molar refractivity (Wildman–Crippen MR) is 102 cm³/mol. The fourth-order valence-electron chi connectivity index (χ4n) is 2.46. The summed E-state index contributed by atoms with van der Waals surface area (Å²) >= 11 is 0. The number of carbonyl (C=O) groups is 1. The van der Waals surface area contributed by atoms with Gasteiger partial charge in [0.25, 0.3) is 5.91 Å². The van der Waals surface area contributed by atoms with Crippen molar-refractivity contribution in [3.05, 3.63) is 53.6 Å². The van der Waals surface area contributed by atoms with E-state index in [4.69, 9.17) is 14.2 Å². The van der Waals surface area contributed by atoms with Gasteiger partial charge in [0.05, 0.1) is 13.7 Å². The molecular weight excluding hydrogens is 330 g/mol. The van der Waals surface area contributed by atoms with Crippen molar-refractivity contribution in [2.75, 3.05) is 20.3 Å². The number of amides is 1. The van der Waals surface area contributed by atoms with Crippen molar-refractivity contribution in [1.82, 2.24) is 5.32 Å². The second kappa shape index (κ2) is 9.70. The Kier molecular flexibility index (Phi) is 7.33. The Bertz CT molecular complexity index is 730. The molecule has 0 saturated carbocycles. The Balaban J connectivity index is 1.82. The summed E-state index contributed by atoms with van der Waals surface area (Å²) < 4.78 is 16.7. The first-order valence-corrected chi connectivity index (χ1v) is 8.82. The molecule has 1 N–H and O–H groups in total. The highest BCUT2D eigenvalue weighted by atomic mass is 16.5. The molecule has 0 aliphatic heterocycles. The van der Waals surface area contributed by atoms with Gasteiger partial charge in [-0.05, 0) is 49.6 Å². The molecule has 5 heteroatoms. The molecule has 0 fully saturated rings. The summed E-state index contributed by atoms with van der Waals surface area (Å²) in [4.78, 5) is 12.4. The average molecular weight is 357 g/mol. The lowest BCUT2D eigenvalue weighted by Crippen LogP contribution is -2.39. The standard InChI is InChI=1S/C21H27NO4/c1-5-19(26-20-13-15(2)9-10-16(20)3)21(23)22-11-12-25-18-8-6-7-17(14-18)24-4/h6-10,13-14,19H,5,11-12H2,1-4H3,(H,22,23)/t19-/m1/s1. The zero-order chi connectivity index (χ0) is 18.9. The lowest BCUT2D eigenvalue weighted by molar-refractivity contribution is -0.128. The van der Waals surface area contributed by atoms with Crippen LogP contribution in [0.15, 0.2) is 42.5 Å². The second-order valence-electron chi connectivity index (χ2n) is 6.10. The van der Waals surface area contributed by atoms with Gasteiger partial charge in [0.2, 0.25) is 0 Å². The van der Waals surface area contributed by atoms with Gasteiger partial charge < -0.3 is 19.5 Å². The van der Waals surface area contributed by atoms with Crippen LogP contribution in [0.2, 0.25) is 0 Å². The third-order valence-corrected chi connectivity index (χ3v) is 3.99. The maximum Gasteiger partial charge on any atom is 0.261 e. The van der Waals surface area contributed by atoms with Gasteiger partial charge in [-0.3, -0.25) is 4.79 Å². The molecule has 0 saturated heterocycles. The van der Waals surface area contributed by atoms with Gasteiger partial charge in [-0.1, -0.05) is 25.1 Å². The maximum atomic E-state index is 12.4. The van der Waals surface area contributed by atoms with Crippen LogP contribution in [0.3, 0.4) is 0 Å². The van der Waals surface area contributed by atoms with Gasteiger partial charge in [0.15, 0.2) is 6.10 Å². The predicted octanol–water partition coefficient (Wildman–Crippen LogP) is 3.66. The summed E-state index contributed by atoms with van der Waals surface area (Å²) in [6.07, 6.45) is 0.0722. The summed E-state index contributed by atoms with van der Waals surface area (Å²) in [5.41, 5.74) is 2.12. The van der Waals surface area contributed by atoms with E-state index in [1.165, 1.54) is 0 Å². The minimum absolute atomic E-state index is 0.136. The van der Waals surface area contributed by atoms with Crippen molar-refractivity contribution in [3.63, 3.8) is 0 Å². The van der Waals surface area contributed by atoms with Crippen LogP contribution in [0.5, 0.6) is 17.2 Å². The molecule has 1 atom stereocenters. The molecule has 0 heterocycles. The van der Waals surface area contributed by atoms with E-state index < -0.39 is 6.10 Å². The number of hydrogen-bond acceptors (Lipinski definition) is 4. The van der Waals surface area contributed by atoms with Gasteiger partial charge in [-0.15, -0.1) is 0 Å². The molecule has 140 valence electrons. The third kappa shape index (κ3) is 5.69. The van der Waals surface area contributed by atoms with Crippen molar-refractivity contribution < 1.29 is 19.0 Å². The van der Waals surface area contributed by atoms with Crippen molar-refractivity contribution in [1.29, 1.82) is 0 Å². The van der Waals surface area contributed by atoms with Crippen molar-refractivity contribution in [2.45, 2.75) is 33.3 Å². The van der Waals surface area contributed by atoms with Crippen LogP contribution in [-0.4, -0.2) is 32.3 Å². The highest BCUT2D eigenvalue weighted by molar-refractivity contribution is 5.81. The topological polar surface area (TPSA) is 56.8 Å². The molecular formula is C21H27NO4. The van der Waals surface area contributed by atoms with Gasteiger partial charge in [0.1, 0.15) is 23.9 Å². The summed E-state index contributed by atoms with van der Waals surface area (Å²) in [7, 11) is 1.61. The highest BCUT2D eigenvalue weighted by Gasteiger charge is 2.18. The molecule has 0 radical (unpaired) electrons. The molecule has 26 heavy (non-hydrogen) atoms. The Morgan fingerprint density at radius 3 is 2.62 bits per heavy atom. The van der Waals surface area contributed by atoms with E-state index in [1.54, 1.807) is 13.2 Å². The van der Waals surface area contributed by atoms with E-state index in [1.807, 2.05) is 57.2 Å². The zero-order valence-corrected chi connectivity index (χ0v) is 15.9. The summed E-state index contributed by atoms with van der Waals surface area (Å²) in [6.45, 7) is 6.69. The van der Waals surface area contributed by atoms with E-state index in [2.05, 4.69) is 5.32 Å². The zero-order valence-electron chi connectivity index (χ0n) is 15.9. The minimum Gasteiger partial charge on any atom is -0.497 e. The van der Waals surface area contributed by atoms with Crippen LogP contribution in [0.1, 0.15) is 24.5 Å². The molecule has 2 rings (SSSR count). The molecule has 0 aliphatic rings. The first-order valence-electron chi connectivity index (χ1n) is 8.82. The van der Waals surface area contributed by atoms with Crippen LogP contribution in [-0.2, 0) is 4.79 Å². The largest absolute Gasteiger partial charge is 0.497 e. The van der Waals surface area contributed by atoms with Crippen molar-refractivity contribution in [2.24, 2.45) is 0 Å². The molecule has 0 aromatic heterocycles. The number of methoxy groups -OCH3 is 1. The smallest absolute Gasteiger partial charge is 0.261 e. The SMILES string of the molecule is CC[C@@H](Oc1cc(C)ccc1C)C(=O)NCCOc1cccc(OC)c1. The van der Waals surface area contributed by atoms with Crippen LogP contribution >= 0.6 is 0 Å². The molecule has 2 aromatic carbocycles. The number of benzene rings is 2. The van der Waals surface area contributed by atoms with E-state index >= 15 is 0 Å². The molecule has 1 amide bonds. The van der Waals surface area contributed by atoms with Crippen LogP contribution in [0, 0.1) is 13.8 Å². The molecule has 0 spiro atoms. The summed E-state index contributed by atoms with van der Waals surface area (Å²) in [5, 5.41) is 2.87. The van der Waals surface area contributed by atoms with Crippen molar-refractivity contribution >= 4 is 5.91 Å². The minimum atomic E-state index is -0.521. The van der Waals surface area contributed by atoms with Crippen LogP contribution in [0.25, 0.3) is 0 Å². The van der Waals surface area contributed by atoms with E-state index in [-0.39, 0.29) is 5.91 Å². The third-order valence-electron chi connectivity index (χ3n) is 3.99. The van der Waals surface area contributed by atoms with Crippen LogP contribution < -0.4 is 19.5 Å². The van der Waals surface area contributed by atoms with Crippen LogP contribution in [0.4, 0.5) is 0 Å². The number of carbonyl (C=O) groups excluding carboxylic acids is 1.